The Bertz CT molecular complexity index is 989. The number of halogens is 3. The zero-order chi connectivity index (χ0) is 20.4. The first-order chi connectivity index (χ1) is 13.9. The summed E-state index contributed by atoms with van der Waals surface area (Å²) in [4.78, 5) is 19.9. The van der Waals surface area contributed by atoms with Crippen molar-refractivity contribution in [1.82, 2.24) is 14.8 Å². The molecule has 0 atom stereocenters. The van der Waals surface area contributed by atoms with Gasteiger partial charge in [-0.3, -0.25) is 14.6 Å². The first-order valence-corrected chi connectivity index (χ1v) is 9.61. The van der Waals surface area contributed by atoms with Crippen molar-refractivity contribution in [3.05, 3.63) is 60.2 Å². The highest BCUT2D eigenvalue weighted by molar-refractivity contribution is 6.14. The molecule has 1 aliphatic rings. The average molecular weight is 401 g/mol. The van der Waals surface area contributed by atoms with E-state index in [1.165, 1.54) is 4.90 Å². The lowest BCUT2D eigenvalue weighted by Gasteiger charge is -2.34. The van der Waals surface area contributed by atoms with Crippen LogP contribution in [0.5, 0.6) is 0 Å². The minimum absolute atomic E-state index is 0.0226. The molecule has 29 heavy (non-hydrogen) atoms. The lowest BCUT2D eigenvalue weighted by Crippen LogP contribution is -2.50. The fraction of sp³-hybridized carbons (Fsp3) is 0.318. The van der Waals surface area contributed by atoms with E-state index in [-0.39, 0.29) is 12.3 Å². The van der Waals surface area contributed by atoms with Crippen LogP contribution in [0.2, 0.25) is 0 Å². The van der Waals surface area contributed by atoms with Crippen LogP contribution in [0.25, 0.3) is 22.2 Å². The van der Waals surface area contributed by atoms with Gasteiger partial charge in [-0.05, 0) is 11.6 Å². The molecular formula is C22H22F3N3O. The summed E-state index contributed by atoms with van der Waals surface area (Å²) < 4.78 is 37.7. The number of rotatable bonds is 5. The summed E-state index contributed by atoms with van der Waals surface area (Å²) in [6.45, 7) is 0.824. The fourth-order valence-corrected chi connectivity index (χ4v) is 3.89. The molecule has 1 aromatic heterocycles. The number of benzene rings is 2. The predicted molar refractivity (Wildman–Crippen MR) is 107 cm³/mol. The summed E-state index contributed by atoms with van der Waals surface area (Å²) in [5.74, 6) is -0.0226. The molecular weight excluding hydrogens is 379 g/mol. The van der Waals surface area contributed by atoms with Gasteiger partial charge in [0.2, 0.25) is 0 Å². The van der Waals surface area contributed by atoms with Gasteiger partial charge in [0.05, 0.1) is 24.3 Å². The molecule has 0 aliphatic carbocycles. The Morgan fingerprint density at radius 2 is 1.52 bits per heavy atom. The molecule has 1 aliphatic heterocycles. The Morgan fingerprint density at radius 3 is 2.21 bits per heavy atom. The lowest BCUT2D eigenvalue weighted by atomic mass is 10.0. The largest absolute Gasteiger partial charge is 0.401 e. The molecule has 2 heterocycles. The number of nitrogens with one attached hydrogen (secondary N) is 1. The Balaban J connectivity index is 1.54. The molecule has 152 valence electrons. The molecule has 4 rings (SSSR count). The van der Waals surface area contributed by atoms with Crippen molar-refractivity contribution in [3.8, 4) is 11.3 Å². The van der Waals surface area contributed by atoms with Crippen molar-refractivity contribution in [2.45, 2.75) is 6.18 Å². The summed E-state index contributed by atoms with van der Waals surface area (Å²) in [6.07, 6.45) is -4.19. The van der Waals surface area contributed by atoms with E-state index in [1.54, 1.807) is 0 Å². The number of alkyl halides is 3. The first-order valence-electron chi connectivity index (χ1n) is 9.61. The molecule has 3 aromatic rings. The van der Waals surface area contributed by atoms with Gasteiger partial charge < -0.3 is 4.98 Å². The fourth-order valence-electron chi connectivity index (χ4n) is 3.89. The van der Waals surface area contributed by atoms with E-state index in [0.29, 0.717) is 31.7 Å². The van der Waals surface area contributed by atoms with E-state index >= 15 is 0 Å². The van der Waals surface area contributed by atoms with Crippen molar-refractivity contribution in [2.24, 2.45) is 0 Å². The third-order valence-electron chi connectivity index (χ3n) is 5.28. The van der Waals surface area contributed by atoms with Crippen molar-refractivity contribution in [2.75, 3.05) is 39.3 Å². The van der Waals surface area contributed by atoms with Crippen molar-refractivity contribution >= 4 is 16.7 Å². The van der Waals surface area contributed by atoms with E-state index in [9.17, 15) is 18.0 Å². The quantitative estimate of drug-likeness (QED) is 0.652. The van der Waals surface area contributed by atoms with Crippen LogP contribution in [0.4, 0.5) is 13.2 Å². The molecule has 4 nitrogen and oxygen atoms in total. The van der Waals surface area contributed by atoms with Gasteiger partial charge in [0.25, 0.3) is 0 Å². The third-order valence-corrected chi connectivity index (χ3v) is 5.28. The zero-order valence-electron chi connectivity index (χ0n) is 15.9. The summed E-state index contributed by atoms with van der Waals surface area (Å²) in [5, 5.41) is 0.868. The summed E-state index contributed by atoms with van der Waals surface area (Å²) >= 11 is 0. The number of piperazine rings is 1. The van der Waals surface area contributed by atoms with Crippen LogP contribution in [0.1, 0.15) is 10.4 Å². The molecule has 0 bridgehead atoms. The number of H-pyrrole nitrogens is 1. The molecule has 1 saturated heterocycles. The molecule has 0 spiro atoms. The number of Topliss-reactive ketones (excluding diaryl/α,β-unsaturated/α-hetero) is 1. The van der Waals surface area contributed by atoms with Crippen LogP contribution in [-0.2, 0) is 0 Å². The smallest absolute Gasteiger partial charge is 0.354 e. The second-order valence-corrected chi connectivity index (χ2v) is 7.38. The van der Waals surface area contributed by atoms with E-state index < -0.39 is 12.7 Å². The summed E-state index contributed by atoms with van der Waals surface area (Å²) in [5.41, 5.74) is 3.25. The van der Waals surface area contributed by atoms with E-state index in [1.807, 2.05) is 59.5 Å². The number of hydrogen-bond acceptors (Lipinski definition) is 3. The van der Waals surface area contributed by atoms with Gasteiger partial charge in [-0.25, -0.2) is 0 Å². The van der Waals surface area contributed by atoms with Crippen LogP contribution >= 0.6 is 0 Å². The zero-order valence-corrected chi connectivity index (χ0v) is 15.9. The number of para-hydroxylation sites is 1. The number of ketones is 1. The maximum Gasteiger partial charge on any atom is 0.401 e. The highest BCUT2D eigenvalue weighted by atomic mass is 19.4. The Morgan fingerprint density at radius 1 is 0.897 bits per heavy atom. The highest BCUT2D eigenvalue weighted by Crippen LogP contribution is 2.31. The first kappa shape index (κ1) is 19.7. The maximum atomic E-state index is 13.2. The van der Waals surface area contributed by atoms with Crippen LogP contribution in [-0.4, -0.2) is 66.0 Å². The Labute approximate surface area is 166 Å². The van der Waals surface area contributed by atoms with Crippen LogP contribution in [0.15, 0.2) is 54.6 Å². The molecule has 0 radical (unpaired) electrons. The summed E-state index contributed by atoms with van der Waals surface area (Å²) in [6, 6.07) is 17.4. The standard InChI is InChI=1S/C22H22F3N3O/c23-22(24,25)15-28-12-10-27(11-13-28)14-19(29)20-17-8-4-5-9-18(17)26-21(20)16-6-2-1-3-7-16/h1-9,26H,10-15H2. The highest BCUT2D eigenvalue weighted by Gasteiger charge is 2.32. The van der Waals surface area contributed by atoms with Gasteiger partial charge in [-0.1, -0.05) is 48.5 Å². The van der Waals surface area contributed by atoms with Crippen molar-refractivity contribution < 1.29 is 18.0 Å². The van der Waals surface area contributed by atoms with Crippen LogP contribution in [0.3, 0.4) is 0 Å². The van der Waals surface area contributed by atoms with Crippen molar-refractivity contribution in [1.29, 1.82) is 0 Å². The predicted octanol–water partition coefficient (Wildman–Crippen LogP) is 4.20. The SMILES string of the molecule is O=C(CN1CCN(CC(F)(F)F)CC1)c1c(-c2ccccc2)[nH]c2ccccc12. The maximum absolute atomic E-state index is 13.2. The minimum atomic E-state index is -4.19. The van der Waals surface area contributed by atoms with Gasteiger partial charge >= 0.3 is 6.18 Å². The van der Waals surface area contributed by atoms with E-state index in [2.05, 4.69) is 4.98 Å². The third kappa shape index (κ3) is 4.52. The molecule has 0 saturated carbocycles. The van der Waals surface area contributed by atoms with Gasteiger partial charge in [-0.15, -0.1) is 0 Å². The molecule has 0 amide bonds. The van der Waals surface area contributed by atoms with Gasteiger partial charge in [0.1, 0.15) is 0 Å². The molecule has 1 N–H and O–H groups in total. The van der Waals surface area contributed by atoms with E-state index in [0.717, 1.165) is 22.2 Å². The van der Waals surface area contributed by atoms with Crippen molar-refractivity contribution in [3.63, 3.8) is 0 Å². The summed E-state index contributed by atoms with van der Waals surface area (Å²) in [7, 11) is 0. The Hall–Kier alpha value is -2.64. The number of carbonyl (C=O) groups excluding carboxylic acids is 1. The lowest BCUT2D eigenvalue weighted by molar-refractivity contribution is -0.149. The van der Waals surface area contributed by atoms with Gasteiger partial charge in [0, 0.05) is 37.1 Å². The average Bonchev–Trinajstić information content (AvgIpc) is 3.09. The van der Waals surface area contributed by atoms with Crippen LogP contribution in [0, 0.1) is 0 Å². The van der Waals surface area contributed by atoms with Crippen LogP contribution < -0.4 is 0 Å². The second-order valence-electron chi connectivity index (χ2n) is 7.38. The monoisotopic (exact) mass is 401 g/mol. The molecule has 2 aromatic carbocycles. The normalized spacial score (nSPS) is 16.4. The number of aromatic amines is 1. The number of nitrogens with zero attached hydrogens (tertiary/aromatic N) is 2. The molecule has 7 heteroatoms. The molecule has 1 fully saturated rings. The number of aromatic nitrogens is 1. The minimum Gasteiger partial charge on any atom is -0.354 e. The molecule has 0 unspecified atom stereocenters. The number of fused-ring (bicyclic) bond motifs is 1. The second kappa shape index (κ2) is 8.00. The van der Waals surface area contributed by atoms with Gasteiger partial charge in [0.15, 0.2) is 5.78 Å². The topological polar surface area (TPSA) is 39.3 Å². The Kier molecular flexibility index (Phi) is 5.43. The van der Waals surface area contributed by atoms with E-state index in [4.69, 9.17) is 0 Å². The number of carbonyl (C=O) groups is 1. The number of hydrogen-bond donors (Lipinski definition) is 1. The van der Waals surface area contributed by atoms with Gasteiger partial charge in [-0.2, -0.15) is 13.2 Å².